The van der Waals surface area contributed by atoms with Crippen LogP contribution in [-0.2, 0) is 4.79 Å². The van der Waals surface area contributed by atoms with E-state index >= 15 is 0 Å². The maximum Gasteiger partial charge on any atom is 0.263 e. The molecule has 0 spiro atoms. The highest BCUT2D eigenvalue weighted by Gasteiger charge is 2.27. The number of rotatable bonds is 4. The van der Waals surface area contributed by atoms with E-state index in [2.05, 4.69) is 5.32 Å². The normalized spacial score (nSPS) is 20.2. The predicted octanol–water partition coefficient (Wildman–Crippen LogP) is 2.97. The largest absolute Gasteiger partial charge is 0.479 e. The molecule has 0 radical (unpaired) electrons. The fourth-order valence-corrected chi connectivity index (χ4v) is 2.82. The van der Waals surface area contributed by atoms with Crippen molar-refractivity contribution < 1.29 is 9.53 Å². The molecule has 1 N–H and O–H groups in total. The number of nitrogens with one attached hydrogen (secondary N) is 1. The minimum Gasteiger partial charge on any atom is -0.479 e. The fourth-order valence-electron chi connectivity index (χ4n) is 2.49. The smallest absolute Gasteiger partial charge is 0.263 e. The lowest BCUT2D eigenvalue weighted by Crippen LogP contribution is -2.50. The van der Waals surface area contributed by atoms with Crippen LogP contribution in [0.25, 0.3) is 0 Å². The van der Waals surface area contributed by atoms with Gasteiger partial charge in [-0.1, -0.05) is 29.3 Å². The van der Waals surface area contributed by atoms with Crippen LogP contribution in [0.1, 0.15) is 19.8 Å². The summed E-state index contributed by atoms with van der Waals surface area (Å²) >= 11 is 12.0. The molecule has 0 aromatic heterocycles. The summed E-state index contributed by atoms with van der Waals surface area (Å²) in [4.78, 5) is 14.3. The Hall–Kier alpha value is -0.970. The van der Waals surface area contributed by atoms with Crippen LogP contribution in [0.4, 0.5) is 0 Å². The highest BCUT2D eigenvalue weighted by atomic mass is 35.5. The van der Waals surface area contributed by atoms with Crippen molar-refractivity contribution in [3.63, 3.8) is 0 Å². The standard InChI is InChI=1S/C15H20Cl2N2O2/c1-10(21-13-7-3-6-12(16)14(13)17)15(20)19-8-4-5-11(9-19)18-2/h3,6-7,10-11,18H,4-5,8-9H2,1-2H3. The molecule has 1 aliphatic rings. The number of carbonyl (C=O) groups excluding carboxylic acids is 1. The SMILES string of the molecule is CNC1CCCN(C(=O)C(C)Oc2cccc(Cl)c2Cl)C1. The van der Waals surface area contributed by atoms with Crippen LogP contribution in [0.5, 0.6) is 5.75 Å². The predicted molar refractivity (Wildman–Crippen MR) is 85.2 cm³/mol. The summed E-state index contributed by atoms with van der Waals surface area (Å²) in [5.41, 5.74) is 0. The van der Waals surface area contributed by atoms with E-state index in [-0.39, 0.29) is 5.91 Å². The van der Waals surface area contributed by atoms with Crippen LogP contribution in [0, 0.1) is 0 Å². The third-order valence-electron chi connectivity index (χ3n) is 3.71. The molecule has 2 atom stereocenters. The quantitative estimate of drug-likeness (QED) is 0.922. The first kappa shape index (κ1) is 16.4. The number of ether oxygens (including phenoxy) is 1. The van der Waals surface area contributed by atoms with Crippen molar-refractivity contribution in [1.29, 1.82) is 0 Å². The van der Waals surface area contributed by atoms with Crippen LogP contribution < -0.4 is 10.1 Å². The van der Waals surface area contributed by atoms with Crippen molar-refractivity contribution in [3.05, 3.63) is 28.2 Å². The first-order valence-electron chi connectivity index (χ1n) is 7.09. The summed E-state index contributed by atoms with van der Waals surface area (Å²) in [5.74, 6) is 0.415. The molecule has 1 fully saturated rings. The highest BCUT2D eigenvalue weighted by Crippen LogP contribution is 2.32. The van der Waals surface area contributed by atoms with Gasteiger partial charge in [0.1, 0.15) is 10.8 Å². The van der Waals surface area contributed by atoms with Crippen LogP contribution >= 0.6 is 23.2 Å². The Bertz CT molecular complexity index is 510. The van der Waals surface area contributed by atoms with Crippen molar-refractivity contribution in [1.82, 2.24) is 10.2 Å². The molecule has 2 rings (SSSR count). The van der Waals surface area contributed by atoms with Gasteiger partial charge in [0.05, 0.1) is 5.02 Å². The number of piperidine rings is 1. The van der Waals surface area contributed by atoms with Gasteiger partial charge >= 0.3 is 0 Å². The topological polar surface area (TPSA) is 41.6 Å². The van der Waals surface area contributed by atoms with Gasteiger partial charge in [0.15, 0.2) is 6.10 Å². The van der Waals surface area contributed by atoms with E-state index in [0.29, 0.717) is 28.4 Å². The molecule has 1 heterocycles. The number of halogens is 2. The van der Waals surface area contributed by atoms with E-state index in [0.717, 1.165) is 19.4 Å². The molecule has 21 heavy (non-hydrogen) atoms. The molecule has 1 saturated heterocycles. The second kappa shape index (κ2) is 7.34. The molecule has 1 amide bonds. The highest BCUT2D eigenvalue weighted by molar-refractivity contribution is 6.42. The van der Waals surface area contributed by atoms with Crippen molar-refractivity contribution in [2.24, 2.45) is 0 Å². The zero-order chi connectivity index (χ0) is 15.4. The lowest BCUT2D eigenvalue weighted by atomic mass is 10.1. The van der Waals surface area contributed by atoms with Gasteiger partial charge in [0.25, 0.3) is 5.91 Å². The molecule has 0 saturated carbocycles. The minimum atomic E-state index is -0.587. The Morgan fingerprint density at radius 1 is 1.48 bits per heavy atom. The lowest BCUT2D eigenvalue weighted by Gasteiger charge is -2.34. The Morgan fingerprint density at radius 2 is 2.24 bits per heavy atom. The molecule has 1 aromatic rings. The van der Waals surface area contributed by atoms with E-state index in [4.69, 9.17) is 27.9 Å². The van der Waals surface area contributed by atoms with E-state index < -0.39 is 6.10 Å². The van der Waals surface area contributed by atoms with Gasteiger partial charge in [-0.05, 0) is 38.9 Å². The van der Waals surface area contributed by atoms with Crippen molar-refractivity contribution in [3.8, 4) is 5.75 Å². The van der Waals surface area contributed by atoms with Crippen LogP contribution in [0.2, 0.25) is 10.0 Å². The van der Waals surface area contributed by atoms with Gasteiger partial charge in [-0.25, -0.2) is 0 Å². The molecule has 0 aliphatic carbocycles. The molecule has 6 heteroatoms. The molecule has 116 valence electrons. The Labute approximate surface area is 135 Å². The Morgan fingerprint density at radius 3 is 2.95 bits per heavy atom. The third-order valence-corrected chi connectivity index (χ3v) is 4.51. The number of hydrogen-bond donors (Lipinski definition) is 1. The summed E-state index contributed by atoms with van der Waals surface area (Å²) in [6.07, 6.45) is 1.51. The first-order valence-corrected chi connectivity index (χ1v) is 7.85. The van der Waals surface area contributed by atoms with E-state index in [1.54, 1.807) is 25.1 Å². The van der Waals surface area contributed by atoms with Gasteiger partial charge in [-0.2, -0.15) is 0 Å². The zero-order valence-corrected chi connectivity index (χ0v) is 13.7. The Balaban J connectivity index is 2.00. The van der Waals surface area contributed by atoms with E-state index in [1.807, 2.05) is 11.9 Å². The van der Waals surface area contributed by atoms with Gasteiger partial charge in [0.2, 0.25) is 0 Å². The van der Waals surface area contributed by atoms with Crippen molar-refractivity contribution >= 4 is 29.1 Å². The summed E-state index contributed by atoms with van der Waals surface area (Å²) in [6, 6.07) is 5.50. The molecular weight excluding hydrogens is 311 g/mol. The fraction of sp³-hybridized carbons (Fsp3) is 0.533. The van der Waals surface area contributed by atoms with Gasteiger partial charge in [-0.15, -0.1) is 0 Å². The maximum absolute atomic E-state index is 12.5. The number of nitrogens with zero attached hydrogens (tertiary/aromatic N) is 1. The summed E-state index contributed by atoms with van der Waals surface area (Å²) in [5, 5.41) is 3.98. The number of carbonyl (C=O) groups is 1. The summed E-state index contributed by atoms with van der Waals surface area (Å²) in [7, 11) is 1.92. The molecular formula is C15H20Cl2N2O2. The molecule has 4 nitrogen and oxygen atoms in total. The first-order chi connectivity index (χ1) is 10.0. The van der Waals surface area contributed by atoms with Crippen LogP contribution in [-0.4, -0.2) is 43.1 Å². The van der Waals surface area contributed by atoms with E-state index in [1.165, 1.54) is 0 Å². The number of benzene rings is 1. The van der Waals surface area contributed by atoms with E-state index in [9.17, 15) is 4.79 Å². The van der Waals surface area contributed by atoms with Crippen LogP contribution in [0.3, 0.4) is 0 Å². The Kier molecular flexibility index (Phi) is 5.73. The average Bonchev–Trinajstić information content (AvgIpc) is 2.51. The molecule has 2 unspecified atom stereocenters. The average molecular weight is 331 g/mol. The van der Waals surface area contributed by atoms with Crippen molar-refractivity contribution in [2.45, 2.75) is 31.9 Å². The summed E-state index contributed by atoms with van der Waals surface area (Å²) in [6.45, 7) is 3.23. The van der Waals surface area contributed by atoms with Gasteiger partial charge in [0, 0.05) is 19.1 Å². The zero-order valence-electron chi connectivity index (χ0n) is 12.2. The number of likely N-dealkylation sites (N-methyl/N-ethyl adjacent to an activating group) is 1. The third kappa shape index (κ3) is 4.02. The van der Waals surface area contributed by atoms with Gasteiger partial charge < -0.3 is 15.0 Å². The summed E-state index contributed by atoms with van der Waals surface area (Å²) < 4.78 is 5.68. The second-order valence-electron chi connectivity index (χ2n) is 5.22. The molecule has 1 aliphatic heterocycles. The number of hydrogen-bond acceptors (Lipinski definition) is 3. The van der Waals surface area contributed by atoms with Gasteiger partial charge in [-0.3, -0.25) is 4.79 Å². The second-order valence-corrected chi connectivity index (χ2v) is 6.01. The van der Waals surface area contributed by atoms with Crippen LogP contribution in [0.15, 0.2) is 18.2 Å². The molecule has 1 aromatic carbocycles. The minimum absolute atomic E-state index is 0.0222. The maximum atomic E-state index is 12.5. The monoisotopic (exact) mass is 330 g/mol. The van der Waals surface area contributed by atoms with Crippen molar-refractivity contribution in [2.75, 3.05) is 20.1 Å². The number of likely N-dealkylation sites (tertiary alicyclic amines) is 1. The number of amides is 1. The molecule has 0 bridgehead atoms. The lowest BCUT2D eigenvalue weighted by molar-refractivity contribution is -0.139.